The molecule has 0 aliphatic heterocycles. The molecule has 1 fully saturated rings. The molecule has 14 nitrogen and oxygen atoms in total. The fourth-order valence-electron chi connectivity index (χ4n) is 6.28. The number of phenolic OH excluding ortho intramolecular Hbond substituents is 1. The van der Waals surface area contributed by atoms with Gasteiger partial charge < -0.3 is 41.1 Å². The van der Waals surface area contributed by atoms with Gasteiger partial charge in [0.15, 0.2) is 11.4 Å². The lowest BCUT2D eigenvalue weighted by Crippen LogP contribution is -2.67. The Morgan fingerprint density at radius 2 is 1.78 bits per heavy atom. The number of aliphatic carboxylic acids is 1. The van der Waals surface area contributed by atoms with Crippen LogP contribution in [-0.4, -0.2) is 109 Å². The largest absolute Gasteiger partial charge is 0.508 e. The highest BCUT2D eigenvalue weighted by Gasteiger charge is 2.66. The van der Waals surface area contributed by atoms with E-state index in [0.29, 0.717) is 0 Å². The Morgan fingerprint density at radius 1 is 1.15 bits per heavy atom. The van der Waals surface area contributed by atoms with E-state index in [1.54, 1.807) is 0 Å². The minimum atomic E-state index is -2.88. The number of ketones is 2. The first kappa shape index (κ1) is 30.1. The summed E-state index contributed by atoms with van der Waals surface area (Å²) in [5.41, 5.74) is -6.28. The van der Waals surface area contributed by atoms with Crippen molar-refractivity contribution in [2.45, 2.75) is 49.7 Å². The molecule has 0 aromatic heterocycles. The van der Waals surface area contributed by atoms with Crippen LogP contribution in [0.1, 0.15) is 31.4 Å². The van der Waals surface area contributed by atoms with E-state index in [-0.39, 0.29) is 17.5 Å². The van der Waals surface area contributed by atoms with Gasteiger partial charge in [0.2, 0.25) is 5.78 Å². The van der Waals surface area contributed by atoms with Crippen molar-refractivity contribution in [3.05, 3.63) is 46.2 Å². The number of benzene rings is 1. The van der Waals surface area contributed by atoms with Crippen LogP contribution in [-0.2, 0) is 24.8 Å². The second-order valence-electron chi connectivity index (χ2n) is 11.0. The number of carboxylic acid groups (broad SMARTS) is 1. The number of Topliss-reactive ketones (excluding diaryl/α,β-unsaturated/α-hetero) is 2. The van der Waals surface area contributed by atoms with E-state index in [9.17, 15) is 54.9 Å². The van der Waals surface area contributed by atoms with Crippen molar-refractivity contribution >= 4 is 29.2 Å². The van der Waals surface area contributed by atoms with Crippen LogP contribution >= 0.6 is 0 Å². The topological polar surface area (TPSA) is 237 Å². The van der Waals surface area contributed by atoms with Crippen LogP contribution in [0.5, 0.6) is 5.75 Å². The number of aromatic hydroxyl groups is 1. The molecule has 9 N–H and O–H groups in total. The summed E-state index contributed by atoms with van der Waals surface area (Å²) in [7, 11) is 2.92. The van der Waals surface area contributed by atoms with Crippen molar-refractivity contribution in [3.63, 3.8) is 0 Å². The number of hydrogen-bond acceptors (Lipinski definition) is 12. The third-order valence-electron chi connectivity index (χ3n) is 8.32. The number of aliphatic hydroxyl groups excluding tert-OH is 3. The van der Waals surface area contributed by atoms with Crippen LogP contribution in [0.15, 0.2) is 35.1 Å². The van der Waals surface area contributed by atoms with Crippen molar-refractivity contribution in [3.8, 4) is 5.75 Å². The van der Waals surface area contributed by atoms with Gasteiger partial charge in [0, 0.05) is 17.4 Å². The van der Waals surface area contributed by atoms with Crippen molar-refractivity contribution in [2.75, 3.05) is 20.8 Å². The number of carbonyl (C=O) groups excluding carboxylic acids is 3. The fourth-order valence-corrected chi connectivity index (χ4v) is 6.28. The summed E-state index contributed by atoms with van der Waals surface area (Å²) in [6, 6.07) is 1.32. The number of rotatable bonds is 7. The van der Waals surface area contributed by atoms with Crippen LogP contribution in [0.3, 0.4) is 0 Å². The Bertz CT molecular complexity index is 1400. The van der Waals surface area contributed by atoms with Crippen LogP contribution in [0.4, 0.5) is 0 Å². The number of nitrogens with zero attached hydrogens (tertiary/aromatic N) is 1. The first-order chi connectivity index (χ1) is 19.0. The molecule has 0 saturated heterocycles. The van der Waals surface area contributed by atoms with Crippen molar-refractivity contribution in [1.29, 1.82) is 0 Å². The molecule has 3 aliphatic carbocycles. The first-order valence-corrected chi connectivity index (χ1v) is 12.8. The monoisotopic (exact) mass is 575 g/mol. The molecule has 0 unspecified atom stereocenters. The average Bonchev–Trinajstić information content (AvgIpc) is 2.86. The van der Waals surface area contributed by atoms with E-state index in [1.807, 2.05) is 0 Å². The number of carboxylic acids is 1. The Kier molecular flexibility index (Phi) is 7.52. The van der Waals surface area contributed by atoms with Gasteiger partial charge in [0.25, 0.3) is 5.91 Å². The van der Waals surface area contributed by atoms with Gasteiger partial charge in [-0.05, 0) is 46.0 Å². The van der Waals surface area contributed by atoms with Gasteiger partial charge in [-0.3, -0.25) is 29.4 Å². The molecule has 3 aliphatic rings. The van der Waals surface area contributed by atoms with E-state index in [1.165, 1.54) is 51.0 Å². The molecule has 0 bridgehead atoms. The predicted octanol–water partition coefficient (Wildman–Crippen LogP) is -1.36. The summed E-state index contributed by atoms with van der Waals surface area (Å²) in [4.78, 5) is 53.4. The van der Waals surface area contributed by atoms with E-state index in [0.717, 1.165) is 0 Å². The zero-order chi connectivity index (χ0) is 30.8. The molecule has 0 spiro atoms. The molecule has 0 heterocycles. The van der Waals surface area contributed by atoms with Gasteiger partial charge in [-0.2, -0.15) is 0 Å². The molecule has 222 valence electrons. The number of carbonyl (C=O) groups is 4. The van der Waals surface area contributed by atoms with E-state index in [4.69, 9.17) is 0 Å². The van der Waals surface area contributed by atoms with Crippen LogP contribution in [0.2, 0.25) is 0 Å². The molecular weight excluding hydrogens is 542 g/mol. The summed E-state index contributed by atoms with van der Waals surface area (Å²) in [6.45, 7) is 2.01. The molecule has 0 radical (unpaired) electrons. The number of fused-ring (bicyclic) bond motifs is 3. The smallest absolute Gasteiger partial charge is 0.323 e. The molecule has 4 rings (SSSR count). The molecule has 1 aromatic rings. The fraction of sp³-hybridized carbons (Fsp3) is 0.481. The summed E-state index contributed by atoms with van der Waals surface area (Å²) < 4.78 is 0. The van der Waals surface area contributed by atoms with Crippen LogP contribution in [0.25, 0.3) is 5.76 Å². The quantitative estimate of drug-likeness (QED) is 0.135. The van der Waals surface area contributed by atoms with E-state index < -0.39 is 99.8 Å². The third-order valence-corrected chi connectivity index (χ3v) is 8.32. The molecule has 14 heteroatoms. The zero-order valence-electron chi connectivity index (χ0n) is 22.7. The molecule has 41 heavy (non-hydrogen) atoms. The molecule has 1 aromatic carbocycles. The highest BCUT2D eigenvalue weighted by atomic mass is 16.4. The van der Waals surface area contributed by atoms with E-state index >= 15 is 0 Å². The van der Waals surface area contributed by atoms with Gasteiger partial charge in [-0.15, -0.1) is 0 Å². The number of likely N-dealkylation sites (N-methyl/N-ethyl adjacent to an activating group) is 1. The second-order valence-corrected chi connectivity index (χ2v) is 11.0. The molecule has 7 atom stereocenters. The number of phenols is 1. The highest BCUT2D eigenvalue weighted by molar-refractivity contribution is 6.25. The Morgan fingerprint density at radius 3 is 2.34 bits per heavy atom. The highest BCUT2D eigenvalue weighted by Crippen LogP contribution is 2.57. The van der Waals surface area contributed by atoms with Gasteiger partial charge in [-0.25, -0.2) is 0 Å². The van der Waals surface area contributed by atoms with Crippen molar-refractivity contribution in [1.82, 2.24) is 15.5 Å². The van der Waals surface area contributed by atoms with Crippen LogP contribution < -0.4 is 10.6 Å². The standard InChI is InChI=1S/C27H33N3O11/c1-10(31)18(25(38)39)28-9-29-24(37)17-21(34)19(30(3)4)13-8-12-16(22(35)27(13,41)23(17)36)20(33)15-11(26(12,2)40)6-5-7-14(15)32/h5-7,10,12-13,18-19,28,31-33,36,40-41H,8-9H2,1-4H3,(H,29,37)(H,38,39)/t10-,12-,13+,18-,19-,26-,27+/m1/s1. The Hall–Kier alpha value is -3.82. The summed E-state index contributed by atoms with van der Waals surface area (Å²) >= 11 is 0. The molecule has 1 amide bonds. The lowest BCUT2D eigenvalue weighted by molar-refractivity contribution is -0.159. The summed E-state index contributed by atoms with van der Waals surface area (Å²) in [5.74, 6) is -9.81. The Labute approximate surface area is 234 Å². The maximum Gasteiger partial charge on any atom is 0.323 e. The third kappa shape index (κ3) is 4.38. The number of aliphatic hydroxyl groups is 5. The first-order valence-electron chi connectivity index (χ1n) is 12.8. The van der Waals surface area contributed by atoms with Gasteiger partial charge >= 0.3 is 5.97 Å². The summed E-state index contributed by atoms with van der Waals surface area (Å²) in [6.07, 6.45) is -1.63. The SMILES string of the molecule is C[C@@H](O)[C@@H](NCNC(=O)C1=C(O)[C@@]2(O)C(=O)C3=C(O)c4c(O)cccc4[C@@](C)(O)[C@@H]3C[C@H]2[C@@H](N(C)C)C1=O)C(=O)O. The van der Waals surface area contributed by atoms with E-state index in [2.05, 4.69) is 10.6 Å². The Balaban J connectivity index is 1.82. The van der Waals surface area contributed by atoms with Crippen LogP contribution in [0, 0.1) is 11.8 Å². The second kappa shape index (κ2) is 10.2. The number of nitrogens with one attached hydrogen (secondary N) is 2. The normalized spacial score (nSPS) is 30.9. The predicted molar refractivity (Wildman–Crippen MR) is 140 cm³/mol. The van der Waals surface area contributed by atoms with Gasteiger partial charge in [0.1, 0.15) is 28.9 Å². The van der Waals surface area contributed by atoms with Crippen molar-refractivity contribution in [2.24, 2.45) is 11.8 Å². The molecular formula is C27H33N3O11. The van der Waals surface area contributed by atoms with Gasteiger partial charge in [-0.1, -0.05) is 12.1 Å². The van der Waals surface area contributed by atoms with Crippen molar-refractivity contribution < 1.29 is 54.9 Å². The maximum atomic E-state index is 14.0. The number of amides is 1. The summed E-state index contributed by atoms with van der Waals surface area (Å²) in [5, 5.41) is 79.6. The minimum absolute atomic E-state index is 0.120. The average molecular weight is 576 g/mol. The number of hydrogen-bond donors (Lipinski definition) is 9. The molecule has 1 saturated carbocycles. The van der Waals surface area contributed by atoms with Gasteiger partial charge in [0.05, 0.1) is 30.0 Å². The maximum absolute atomic E-state index is 14.0. The lowest BCUT2D eigenvalue weighted by Gasteiger charge is -2.53. The zero-order valence-corrected chi connectivity index (χ0v) is 22.7. The minimum Gasteiger partial charge on any atom is -0.508 e. The lowest BCUT2D eigenvalue weighted by atomic mass is 9.54.